The standard InChI is InChI=1S/C10H15BN2OS/c1-8-5-4-6-10(9(8)7-12)13-15(14)11(2)3/h4-7,12-13H,1-3H3. The number of aryl methyl sites for hydroxylation is 1. The first kappa shape index (κ1) is 12.0. The predicted octanol–water partition coefficient (Wildman–Crippen LogP) is 2.32. The summed E-state index contributed by atoms with van der Waals surface area (Å²) in [5, 5.41) is 7.31. The minimum atomic E-state index is -1.10. The van der Waals surface area contributed by atoms with E-state index in [1.165, 1.54) is 6.21 Å². The fraction of sp³-hybridized carbons (Fsp3) is 0.300. The molecule has 0 aliphatic carbocycles. The van der Waals surface area contributed by atoms with E-state index >= 15 is 0 Å². The smallest absolute Gasteiger partial charge is 0.273 e. The second kappa shape index (κ2) is 5.12. The fourth-order valence-electron chi connectivity index (χ4n) is 1.19. The molecule has 3 nitrogen and oxygen atoms in total. The Morgan fingerprint density at radius 2 is 2.13 bits per heavy atom. The van der Waals surface area contributed by atoms with Crippen molar-refractivity contribution in [3.63, 3.8) is 0 Å². The first-order valence-electron chi connectivity index (χ1n) is 4.83. The van der Waals surface area contributed by atoms with Crippen LogP contribution >= 0.6 is 0 Å². The van der Waals surface area contributed by atoms with Crippen LogP contribution in [-0.2, 0) is 10.8 Å². The molecule has 0 amide bonds. The average molecular weight is 222 g/mol. The number of rotatable bonds is 4. The number of benzene rings is 1. The van der Waals surface area contributed by atoms with Crippen molar-refractivity contribution in [2.75, 3.05) is 4.72 Å². The monoisotopic (exact) mass is 222 g/mol. The predicted molar refractivity (Wildman–Crippen MR) is 68.3 cm³/mol. The van der Waals surface area contributed by atoms with Crippen LogP contribution in [0.1, 0.15) is 11.1 Å². The molecule has 0 spiro atoms. The molecule has 0 heterocycles. The minimum absolute atomic E-state index is 0.0593. The van der Waals surface area contributed by atoms with Crippen LogP contribution in [0.15, 0.2) is 18.2 Å². The minimum Gasteiger partial charge on any atom is -0.314 e. The summed E-state index contributed by atoms with van der Waals surface area (Å²) in [5.74, 6) is 0.0593. The molecule has 0 fully saturated rings. The van der Waals surface area contributed by atoms with Gasteiger partial charge in [0.05, 0.1) is 16.5 Å². The molecule has 5 heteroatoms. The van der Waals surface area contributed by atoms with Gasteiger partial charge in [-0.25, -0.2) is 0 Å². The van der Waals surface area contributed by atoms with Gasteiger partial charge in [-0.2, -0.15) is 0 Å². The molecule has 80 valence electrons. The Balaban J connectivity index is 2.99. The lowest BCUT2D eigenvalue weighted by Crippen LogP contribution is -2.19. The molecule has 1 aromatic carbocycles. The summed E-state index contributed by atoms with van der Waals surface area (Å²) < 4.78 is 14.5. The van der Waals surface area contributed by atoms with Crippen LogP contribution in [0.2, 0.25) is 13.6 Å². The fourth-order valence-corrected chi connectivity index (χ4v) is 1.82. The zero-order valence-electron chi connectivity index (χ0n) is 9.20. The highest BCUT2D eigenvalue weighted by Crippen LogP contribution is 2.18. The Bertz CT molecular complexity index is 393. The second-order valence-electron chi connectivity index (χ2n) is 3.63. The zero-order valence-corrected chi connectivity index (χ0v) is 10.0. The van der Waals surface area contributed by atoms with Gasteiger partial charge >= 0.3 is 0 Å². The quantitative estimate of drug-likeness (QED) is 0.596. The van der Waals surface area contributed by atoms with Crippen molar-refractivity contribution in [1.29, 1.82) is 5.41 Å². The molecule has 0 aliphatic rings. The third kappa shape index (κ3) is 2.93. The highest BCUT2D eigenvalue weighted by molar-refractivity contribution is 8.14. The lowest BCUT2D eigenvalue weighted by molar-refractivity contribution is 0.693. The number of nitrogens with one attached hydrogen (secondary N) is 2. The highest BCUT2D eigenvalue weighted by atomic mass is 32.2. The maximum atomic E-state index is 11.6. The largest absolute Gasteiger partial charge is 0.314 e. The van der Waals surface area contributed by atoms with E-state index in [1.807, 2.05) is 38.8 Å². The van der Waals surface area contributed by atoms with Crippen LogP contribution in [0.3, 0.4) is 0 Å². The van der Waals surface area contributed by atoms with Gasteiger partial charge in [0.25, 0.3) is 5.99 Å². The molecule has 0 bridgehead atoms. The van der Waals surface area contributed by atoms with Gasteiger partial charge in [0, 0.05) is 11.8 Å². The van der Waals surface area contributed by atoms with E-state index in [4.69, 9.17) is 5.41 Å². The maximum Gasteiger partial charge on any atom is 0.273 e. The van der Waals surface area contributed by atoms with Crippen molar-refractivity contribution in [1.82, 2.24) is 0 Å². The lowest BCUT2D eigenvalue weighted by atomic mass is 9.84. The molecule has 2 N–H and O–H groups in total. The molecular formula is C10H15BN2OS. The van der Waals surface area contributed by atoms with E-state index < -0.39 is 10.8 Å². The highest BCUT2D eigenvalue weighted by Gasteiger charge is 2.11. The van der Waals surface area contributed by atoms with Crippen molar-refractivity contribution < 1.29 is 4.21 Å². The van der Waals surface area contributed by atoms with Gasteiger partial charge in [-0.1, -0.05) is 25.8 Å². The van der Waals surface area contributed by atoms with Crippen molar-refractivity contribution >= 4 is 28.7 Å². The van der Waals surface area contributed by atoms with E-state index in [0.717, 1.165) is 16.8 Å². The number of hydrogen-bond acceptors (Lipinski definition) is 2. The summed E-state index contributed by atoms with van der Waals surface area (Å²) in [4.78, 5) is 0. The van der Waals surface area contributed by atoms with Crippen LogP contribution in [0.25, 0.3) is 0 Å². The molecule has 0 saturated carbocycles. The summed E-state index contributed by atoms with van der Waals surface area (Å²) >= 11 is 0. The van der Waals surface area contributed by atoms with Crippen LogP contribution in [0, 0.1) is 12.3 Å². The van der Waals surface area contributed by atoms with Gasteiger partial charge in [-0.3, -0.25) is 4.21 Å². The molecule has 15 heavy (non-hydrogen) atoms. The molecule has 0 radical (unpaired) electrons. The lowest BCUT2D eigenvalue weighted by Gasteiger charge is -2.11. The molecule has 1 rings (SSSR count). The maximum absolute atomic E-state index is 11.6. The van der Waals surface area contributed by atoms with E-state index in [0.29, 0.717) is 0 Å². The Morgan fingerprint density at radius 3 is 2.67 bits per heavy atom. The van der Waals surface area contributed by atoms with E-state index in [-0.39, 0.29) is 5.99 Å². The zero-order chi connectivity index (χ0) is 11.4. The van der Waals surface area contributed by atoms with Crippen LogP contribution in [-0.4, -0.2) is 16.4 Å². The second-order valence-corrected chi connectivity index (χ2v) is 5.37. The number of hydrogen-bond donors (Lipinski definition) is 2. The Hall–Kier alpha value is -1.10. The van der Waals surface area contributed by atoms with E-state index in [9.17, 15) is 4.21 Å². The molecule has 0 saturated heterocycles. The third-order valence-electron chi connectivity index (χ3n) is 2.11. The number of anilines is 1. The first-order valence-corrected chi connectivity index (χ1v) is 6.05. The first-order chi connectivity index (χ1) is 7.06. The topological polar surface area (TPSA) is 53.0 Å². The van der Waals surface area contributed by atoms with E-state index in [2.05, 4.69) is 4.72 Å². The molecular weight excluding hydrogens is 207 g/mol. The van der Waals surface area contributed by atoms with Crippen molar-refractivity contribution in [2.24, 2.45) is 0 Å². The van der Waals surface area contributed by atoms with Crippen LogP contribution in [0.5, 0.6) is 0 Å². The van der Waals surface area contributed by atoms with Crippen LogP contribution < -0.4 is 4.72 Å². The van der Waals surface area contributed by atoms with Crippen molar-refractivity contribution in [3.8, 4) is 0 Å². The molecule has 0 aliphatic heterocycles. The molecule has 1 atom stereocenters. The summed E-state index contributed by atoms with van der Waals surface area (Å²) in [6.07, 6.45) is 1.29. The Kier molecular flexibility index (Phi) is 4.09. The Labute approximate surface area is 93.4 Å². The normalized spacial score (nSPS) is 11.9. The summed E-state index contributed by atoms with van der Waals surface area (Å²) in [6, 6.07) is 5.67. The molecule has 0 aromatic heterocycles. The SMILES string of the molecule is CB(C)S(=O)Nc1cccc(C)c1C=N. The van der Waals surface area contributed by atoms with Gasteiger partial charge in [0.1, 0.15) is 0 Å². The van der Waals surface area contributed by atoms with Crippen LogP contribution in [0.4, 0.5) is 5.69 Å². The summed E-state index contributed by atoms with van der Waals surface area (Å²) in [6.45, 7) is 5.72. The van der Waals surface area contributed by atoms with Crippen molar-refractivity contribution in [2.45, 2.75) is 20.6 Å². The molecule has 1 unspecified atom stereocenters. The van der Waals surface area contributed by atoms with E-state index in [1.54, 1.807) is 0 Å². The third-order valence-corrected chi connectivity index (χ3v) is 3.38. The average Bonchev–Trinajstić information content (AvgIpc) is 2.18. The summed E-state index contributed by atoms with van der Waals surface area (Å²) in [5.41, 5.74) is 2.57. The van der Waals surface area contributed by atoms with Gasteiger partial charge < -0.3 is 10.1 Å². The Morgan fingerprint density at radius 1 is 1.47 bits per heavy atom. The molecule has 1 aromatic rings. The van der Waals surface area contributed by atoms with Gasteiger partial charge in [0.2, 0.25) is 0 Å². The van der Waals surface area contributed by atoms with Gasteiger partial charge in [-0.15, -0.1) is 0 Å². The van der Waals surface area contributed by atoms with Crippen molar-refractivity contribution in [3.05, 3.63) is 29.3 Å². The van der Waals surface area contributed by atoms with Gasteiger partial charge in [0.15, 0.2) is 0 Å². The van der Waals surface area contributed by atoms with Gasteiger partial charge in [-0.05, 0) is 18.6 Å². The summed E-state index contributed by atoms with van der Waals surface area (Å²) in [7, 11) is -1.10.